The average molecular weight is 375 g/mol. The topological polar surface area (TPSA) is 63.7 Å². The fraction of sp³-hybridized carbons (Fsp3) is 0.318. The summed E-state index contributed by atoms with van der Waals surface area (Å²) in [5.74, 6) is 1.76. The molecule has 0 atom stereocenters. The van der Waals surface area contributed by atoms with Crippen molar-refractivity contribution < 1.29 is 4.79 Å². The van der Waals surface area contributed by atoms with E-state index in [0.29, 0.717) is 12.2 Å². The molecule has 0 fully saturated rings. The van der Waals surface area contributed by atoms with E-state index in [1.165, 1.54) is 0 Å². The fourth-order valence-corrected chi connectivity index (χ4v) is 3.45. The Morgan fingerprint density at radius 2 is 1.82 bits per heavy atom. The van der Waals surface area contributed by atoms with Crippen LogP contribution in [-0.2, 0) is 11.8 Å². The first-order chi connectivity index (χ1) is 13.4. The van der Waals surface area contributed by atoms with Crippen LogP contribution in [0.25, 0.3) is 11.0 Å². The Hall–Kier alpha value is -3.15. The summed E-state index contributed by atoms with van der Waals surface area (Å²) in [6.07, 6.45) is 7.47. The van der Waals surface area contributed by atoms with Crippen molar-refractivity contribution in [2.75, 3.05) is 6.54 Å². The summed E-state index contributed by atoms with van der Waals surface area (Å²) in [7, 11) is 0. The molecule has 0 aliphatic rings. The van der Waals surface area contributed by atoms with Gasteiger partial charge in [-0.25, -0.2) is 9.97 Å². The van der Waals surface area contributed by atoms with Crippen LogP contribution in [0.4, 0.5) is 0 Å². The lowest BCUT2D eigenvalue weighted by atomic mass is 9.96. The van der Waals surface area contributed by atoms with Gasteiger partial charge in [-0.15, -0.1) is 0 Å². The van der Waals surface area contributed by atoms with Gasteiger partial charge in [0.15, 0.2) is 5.69 Å². The number of hydrogen-bond donors (Lipinski definition) is 1. The number of carbonyl (C=O) groups is 1. The summed E-state index contributed by atoms with van der Waals surface area (Å²) < 4.78 is 4.09. The predicted octanol–water partition coefficient (Wildman–Crippen LogP) is 3.64. The number of nitrogens with zero attached hydrogens (tertiary/aromatic N) is 4. The van der Waals surface area contributed by atoms with Crippen molar-refractivity contribution in [3.63, 3.8) is 0 Å². The van der Waals surface area contributed by atoms with Crippen LogP contribution in [0.5, 0.6) is 0 Å². The number of fused-ring (bicyclic) bond motifs is 2. The van der Waals surface area contributed by atoms with E-state index in [1.807, 2.05) is 59.4 Å². The first-order valence-corrected chi connectivity index (χ1v) is 9.62. The Morgan fingerprint density at radius 1 is 1.07 bits per heavy atom. The van der Waals surface area contributed by atoms with E-state index in [9.17, 15) is 4.79 Å². The van der Waals surface area contributed by atoms with E-state index in [1.54, 1.807) is 0 Å². The summed E-state index contributed by atoms with van der Waals surface area (Å²) in [6, 6.07) is 11.9. The third-order valence-electron chi connectivity index (χ3n) is 4.81. The van der Waals surface area contributed by atoms with Crippen LogP contribution in [-0.4, -0.2) is 31.2 Å². The Labute approximate surface area is 164 Å². The molecular weight excluding hydrogens is 350 g/mol. The van der Waals surface area contributed by atoms with Gasteiger partial charge >= 0.3 is 0 Å². The van der Waals surface area contributed by atoms with Crippen LogP contribution in [0.2, 0.25) is 0 Å². The van der Waals surface area contributed by atoms with Gasteiger partial charge in [-0.3, -0.25) is 4.79 Å². The summed E-state index contributed by atoms with van der Waals surface area (Å²) in [5.41, 5.74) is 2.26. The zero-order valence-corrected chi connectivity index (χ0v) is 16.5. The molecule has 0 spiro atoms. The number of aryl methyl sites for hydroxylation is 1. The van der Waals surface area contributed by atoms with Crippen molar-refractivity contribution in [1.82, 2.24) is 24.1 Å². The van der Waals surface area contributed by atoms with Crippen molar-refractivity contribution in [1.29, 1.82) is 0 Å². The molecule has 0 aliphatic heterocycles. The average Bonchev–Trinajstić information content (AvgIpc) is 3.27. The van der Waals surface area contributed by atoms with Crippen molar-refractivity contribution in [2.45, 2.75) is 39.0 Å². The number of nitrogens with one attached hydrogen (secondary N) is 1. The second kappa shape index (κ2) is 7.11. The molecule has 0 saturated heterocycles. The summed E-state index contributed by atoms with van der Waals surface area (Å²) in [5, 5.41) is 3.01. The zero-order chi connectivity index (χ0) is 19.7. The minimum atomic E-state index is -0.148. The highest BCUT2D eigenvalue weighted by atomic mass is 16.1. The summed E-state index contributed by atoms with van der Waals surface area (Å²) in [6.45, 7) is 6.89. The van der Waals surface area contributed by atoms with Gasteiger partial charge < -0.3 is 14.1 Å². The quantitative estimate of drug-likeness (QED) is 0.542. The Morgan fingerprint density at radius 3 is 2.61 bits per heavy atom. The van der Waals surface area contributed by atoms with E-state index in [-0.39, 0.29) is 11.3 Å². The van der Waals surface area contributed by atoms with Gasteiger partial charge in [0.25, 0.3) is 5.91 Å². The lowest BCUT2D eigenvalue weighted by molar-refractivity contribution is 0.0950. The first-order valence-electron chi connectivity index (χ1n) is 9.62. The van der Waals surface area contributed by atoms with Gasteiger partial charge in [-0.2, -0.15) is 0 Å². The van der Waals surface area contributed by atoms with Crippen molar-refractivity contribution >= 4 is 16.9 Å². The van der Waals surface area contributed by atoms with Gasteiger partial charge in [0, 0.05) is 30.8 Å². The molecule has 0 aliphatic carbocycles. The molecule has 0 saturated carbocycles. The number of carbonyl (C=O) groups excluding carboxylic acids is 1. The molecule has 0 unspecified atom stereocenters. The van der Waals surface area contributed by atoms with E-state index in [0.717, 1.165) is 35.5 Å². The van der Waals surface area contributed by atoms with E-state index in [4.69, 9.17) is 0 Å². The second-order valence-electron chi connectivity index (χ2n) is 8.02. The van der Waals surface area contributed by atoms with Gasteiger partial charge in [-0.05, 0) is 30.7 Å². The molecule has 0 aromatic carbocycles. The highest BCUT2D eigenvalue weighted by Crippen LogP contribution is 2.24. The van der Waals surface area contributed by atoms with E-state index >= 15 is 0 Å². The number of aromatic nitrogens is 4. The second-order valence-corrected chi connectivity index (χ2v) is 8.02. The molecule has 4 rings (SSSR count). The van der Waals surface area contributed by atoms with Crippen LogP contribution < -0.4 is 5.32 Å². The third-order valence-corrected chi connectivity index (χ3v) is 4.81. The lowest BCUT2D eigenvalue weighted by Gasteiger charge is -2.16. The normalized spacial score (nSPS) is 12.0. The Bertz CT molecular complexity index is 1130. The molecule has 0 radical (unpaired) electrons. The molecule has 28 heavy (non-hydrogen) atoms. The Balaban J connectivity index is 1.44. The highest BCUT2D eigenvalue weighted by Gasteiger charge is 2.24. The molecule has 144 valence electrons. The molecule has 4 aromatic rings. The molecule has 4 heterocycles. The smallest absolute Gasteiger partial charge is 0.272 e. The number of pyridine rings is 2. The van der Waals surface area contributed by atoms with Crippen LogP contribution >= 0.6 is 0 Å². The number of rotatable bonds is 5. The van der Waals surface area contributed by atoms with Crippen LogP contribution in [0.1, 0.15) is 49.3 Å². The minimum absolute atomic E-state index is 0.132. The van der Waals surface area contributed by atoms with Crippen LogP contribution in [0.15, 0.2) is 55.0 Å². The standard InChI is InChI=1S/C22H25N5O/c1-22(2,3)21-25-19(17-10-5-7-14-27(17)21)20(28)23-12-8-11-18-24-15-16-9-4-6-13-26(16)18/h4-7,9-10,13-15H,8,11-12H2,1-3H3,(H,23,28). The molecule has 0 bridgehead atoms. The maximum atomic E-state index is 12.8. The first kappa shape index (κ1) is 18.2. The highest BCUT2D eigenvalue weighted by molar-refractivity contribution is 5.99. The van der Waals surface area contributed by atoms with Gasteiger partial charge in [0.1, 0.15) is 11.6 Å². The third kappa shape index (κ3) is 3.38. The molecule has 1 amide bonds. The maximum Gasteiger partial charge on any atom is 0.272 e. The van der Waals surface area contributed by atoms with Gasteiger partial charge in [0.05, 0.1) is 17.2 Å². The number of amides is 1. The monoisotopic (exact) mass is 375 g/mol. The summed E-state index contributed by atoms with van der Waals surface area (Å²) in [4.78, 5) is 21.9. The lowest BCUT2D eigenvalue weighted by Crippen LogP contribution is -2.25. The van der Waals surface area contributed by atoms with Gasteiger partial charge in [-0.1, -0.05) is 32.9 Å². The van der Waals surface area contributed by atoms with Crippen molar-refractivity contribution in [3.05, 3.63) is 72.3 Å². The van der Waals surface area contributed by atoms with Crippen molar-refractivity contribution in [3.8, 4) is 0 Å². The largest absolute Gasteiger partial charge is 0.351 e. The van der Waals surface area contributed by atoms with Crippen LogP contribution in [0, 0.1) is 0 Å². The fourth-order valence-electron chi connectivity index (χ4n) is 3.45. The molecule has 4 aromatic heterocycles. The molecule has 6 nitrogen and oxygen atoms in total. The number of hydrogen-bond acceptors (Lipinski definition) is 3. The molecule has 6 heteroatoms. The van der Waals surface area contributed by atoms with E-state index in [2.05, 4.69) is 40.5 Å². The maximum absolute atomic E-state index is 12.8. The zero-order valence-electron chi connectivity index (χ0n) is 16.5. The minimum Gasteiger partial charge on any atom is -0.351 e. The SMILES string of the molecule is CC(C)(C)c1nc(C(=O)NCCCc2ncc3ccccn23)c2ccccn12. The Kier molecular flexibility index (Phi) is 4.63. The summed E-state index contributed by atoms with van der Waals surface area (Å²) >= 11 is 0. The van der Waals surface area contributed by atoms with E-state index < -0.39 is 0 Å². The van der Waals surface area contributed by atoms with Crippen molar-refractivity contribution in [2.24, 2.45) is 0 Å². The van der Waals surface area contributed by atoms with Crippen LogP contribution in [0.3, 0.4) is 0 Å². The van der Waals surface area contributed by atoms with Gasteiger partial charge in [0.2, 0.25) is 0 Å². The number of imidazole rings is 2. The predicted molar refractivity (Wildman–Crippen MR) is 110 cm³/mol. The molecular formula is C22H25N5O. The molecule has 1 N–H and O–H groups in total.